The molecule has 1 fully saturated rings. The molecule has 312 valence electrons. The van der Waals surface area contributed by atoms with E-state index < -0.39 is 16.1 Å². The van der Waals surface area contributed by atoms with Crippen molar-refractivity contribution in [2.75, 3.05) is 61.1 Å². The normalized spacial score (nSPS) is 23.2. The fourth-order valence-corrected chi connectivity index (χ4v) is 9.30. The Morgan fingerprint density at radius 2 is 1.21 bits per heavy atom. The van der Waals surface area contributed by atoms with Crippen LogP contribution in [0.15, 0.2) is 51.1 Å². The summed E-state index contributed by atoms with van der Waals surface area (Å²) in [5, 5.41) is 12.0. The van der Waals surface area contributed by atoms with Gasteiger partial charge in [0.05, 0.1) is 11.4 Å². The number of carbonyl (C=O) groups excluding carboxylic acids is 2. The van der Waals surface area contributed by atoms with Crippen LogP contribution in [0, 0.1) is 5.92 Å². The van der Waals surface area contributed by atoms with Gasteiger partial charge in [0.15, 0.2) is 11.7 Å². The van der Waals surface area contributed by atoms with Gasteiger partial charge in [0, 0.05) is 52.1 Å². The third kappa shape index (κ3) is 10.4. The summed E-state index contributed by atoms with van der Waals surface area (Å²) in [5.41, 5.74) is 2.97. The number of hydrogen-bond donors (Lipinski definition) is 0. The van der Waals surface area contributed by atoms with Crippen molar-refractivity contribution in [2.24, 2.45) is 16.1 Å². The number of rotatable bonds is 11. The number of halogens is 1. The Labute approximate surface area is 349 Å². The summed E-state index contributed by atoms with van der Waals surface area (Å²) in [6.45, 7) is 25.8. The van der Waals surface area contributed by atoms with Gasteiger partial charge in [0.25, 0.3) is 11.8 Å². The zero-order valence-electron chi connectivity index (χ0n) is 35.5. The van der Waals surface area contributed by atoms with E-state index in [1.54, 1.807) is 0 Å². The van der Waals surface area contributed by atoms with Crippen LogP contribution in [0.4, 0.5) is 17.1 Å². The molecule has 0 saturated carbocycles. The second-order valence-electron chi connectivity index (χ2n) is 18.3. The lowest BCUT2D eigenvalue weighted by atomic mass is 9.94. The highest BCUT2D eigenvalue weighted by atomic mass is 79.9. The summed E-state index contributed by atoms with van der Waals surface area (Å²) in [7, 11) is -2.31. The molecule has 2 aromatic carbocycles. The maximum absolute atomic E-state index is 13.1. The Hall–Kier alpha value is -3.45. The summed E-state index contributed by atoms with van der Waals surface area (Å²) in [4.78, 5) is 32.3. The number of benzene rings is 2. The van der Waals surface area contributed by atoms with Gasteiger partial charge < -0.3 is 33.6 Å². The molecule has 0 radical (unpaired) electrons. The molecule has 2 unspecified atom stereocenters. The molecule has 0 N–H and O–H groups in total. The summed E-state index contributed by atoms with van der Waals surface area (Å²) in [6.07, 6.45) is 2.47. The predicted octanol–water partition coefficient (Wildman–Crippen LogP) is 7.87. The Bertz CT molecular complexity index is 1850. The van der Waals surface area contributed by atoms with E-state index >= 15 is 0 Å². The van der Waals surface area contributed by atoms with Gasteiger partial charge in [-0.05, 0) is 88.0 Å². The van der Waals surface area contributed by atoms with Crippen molar-refractivity contribution in [3.05, 3.63) is 40.9 Å². The number of carbonyl (C=O) groups is 2. The van der Waals surface area contributed by atoms with Crippen molar-refractivity contribution in [3.8, 4) is 11.5 Å². The fraction of sp³-hybridized carbons (Fsp3) is 0.610. The number of ether oxygens (including phenoxy) is 4. The summed E-state index contributed by atoms with van der Waals surface area (Å²) in [6, 6.07) is 14.1. The molecule has 2 amide bonds. The van der Waals surface area contributed by atoms with E-state index in [1.807, 2.05) is 47.9 Å². The zero-order chi connectivity index (χ0) is 41.2. The first-order valence-corrected chi connectivity index (χ1v) is 28.6. The predicted molar refractivity (Wildman–Crippen MR) is 237 cm³/mol. The van der Waals surface area contributed by atoms with Gasteiger partial charge in [-0.3, -0.25) is 9.59 Å². The SMILES string of the molecule is CC1C(=O)N(COCC[Si](C)(C)C)N=C2COc3ccc(Br)cc3N21.CC1C(=O)N(COCC[Si](C)(C)C)N=C2COc3ccc(N4C[C@H](C)CC[C@H]4C)cc3N21. The van der Waals surface area contributed by atoms with Gasteiger partial charge in [-0.1, -0.05) is 62.1 Å². The first-order chi connectivity index (χ1) is 26.9. The third-order valence-corrected chi connectivity index (χ3v) is 14.9. The zero-order valence-corrected chi connectivity index (χ0v) is 39.1. The molecule has 16 heteroatoms. The molecule has 2 aromatic rings. The number of piperidine rings is 1. The number of amides is 2. The highest BCUT2D eigenvalue weighted by Crippen LogP contribution is 2.41. The Morgan fingerprint density at radius 3 is 1.72 bits per heavy atom. The molecule has 13 nitrogen and oxygen atoms in total. The maximum atomic E-state index is 13.1. The number of amidine groups is 2. The Morgan fingerprint density at radius 1 is 0.719 bits per heavy atom. The van der Waals surface area contributed by atoms with Crippen molar-refractivity contribution in [1.29, 1.82) is 0 Å². The average Bonchev–Trinajstić information content (AvgIpc) is 3.15. The lowest BCUT2D eigenvalue weighted by Gasteiger charge is -2.42. The molecule has 4 atom stereocenters. The van der Waals surface area contributed by atoms with Crippen molar-refractivity contribution < 1.29 is 28.5 Å². The standard InChI is InChI=1S/C24H38N4O3Si.C17H24BrN3O3Si/c1-17-7-8-18(2)26(14-17)20-9-10-22-21(13-20)28-19(3)24(29)27(25-23(28)15-31-22)16-30-11-12-32(4,5)6;1-12-17(22)20(11-23-7-8-25(2,3)4)19-16-10-24-15-6-5-13(18)9-14(15)21(12)16/h9-10,13,17-19H,7-8,11-12,14-16H2,1-6H3;5-6,9,12H,7-8,10-11H2,1-4H3/t17-,18-,19?;/m1./s1. The van der Waals surface area contributed by atoms with E-state index in [9.17, 15) is 9.59 Å². The van der Waals surface area contributed by atoms with Gasteiger partial charge in [0.1, 0.15) is 50.3 Å². The fourth-order valence-electron chi connectivity index (χ4n) is 7.44. The smallest absolute Gasteiger partial charge is 0.267 e. The first kappa shape index (κ1) is 43.1. The van der Waals surface area contributed by atoms with Crippen LogP contribution < -0.4 is 24.2 Å². The van der Waals surface area contributed by atoms with Crippen LogP contribution in [0.1, 0.15) is 40.5 Å². The van der Waals surface area contributed by atoms with Crippen LogP contribution >= 0.6 is 15.9 Å². The number of hydrogen-bond acceptors (Lipinski definition) is 11. The van der Waals surface area contributed by atoms with E-state index in [-0.39, 0.29) is 37.4 Å². The van der Waals surface area contributed by atoms with Crippen LogP contribution in [0.2, 0.25) is 51.4 Å². The van der Waals surface area contributed by atoms with Gasteiger partial charge in [-0.15, -0.1) is 0 Å². The minimum absolute atomic E-state index is 0.0417. The number of hydrazone groups is 2. The number of fused-ring (bicyclic) bond motifs is 6. The molecular formula is C41H62BrN7O6Si2. The number of anilines is 3. The minimum atomic E-state index is -1.17. The third-order valence-electron chi connectivity index (χ3n) is 11.0. The molecule has 5 aliphatic rings. The van der Waals surface area contributed by atoms with Gasteiger partial charge in [0.2, 0.25) is 0 Å². The van der Waals surface area contributed by atoms with Crippen molar-refractivity contribution in [3.63, 3.8) is 0 Å². The number of nitrogens with zero attached hydrogens (tertiary/aromatic N) is 7. The van der Waals surface area contributed by atoms with Crippen LogP contribution in [-0.2, 0) is 19.1 Å². The quantitative estimate of drug-likeness (QED) is 0.165. The maximum Gasteiger partial charge on any atom is 0.267 e. The monoisotopic (exact) mass is 883 g/mol. The lowest BCUT2D eigenvalue weighted by molar-refractivity contribution is -0.139. The largest absolute Gasteiger partial charge is 0.483 e. The summed E-state index contributed by atoms with van der Waals surface area (Å²) < 4.78 is 24.2. The molecule has 7 rings (SSSR count). The average molecular weight is 885 g/mol. The minimum Gasteiger partial charge on any atom is -0.483 e. The van der Waals surface area contributed by atoms with Crippen molar-refractivity contribution in [1.82, 2.24) is 10.0 Å². The molecule has 0 bridgehead atoms. The van der Waals surface area contributed by atoms with E-state index in [0.717, 1.165) is 57.7 Å². The molecule has 5 aliphatic heterocycles. The van der Waals surface area contributed by atoms with E-state index in [1.165, 1.54) is 28.5 Å². The van der Waals surface area contributed by atoms with Crippen molar-refractivity contribution >= 4 is 72.6 Å². The molecule has 57 heavy (non-hydrogen) atoms. The molecule has 0 spiro atoms. The molecule has 0 aliphatic carbocycles. The van der Waals surface area contributed by atoms with E-state index in [4.69, 9.17) is 18.9 Å². The first-order valence-electron chi connectivity index (χ1n) is 20.4. The molecule has 1 saturated heterocycles. The van der Waals surface area contributed by atoms with E-state index in [2.05, 4.69) is 96.3 Å². The van der Waals surface area contributed by atoms with Crippen molar-refractivity contribution in [2.45, 2.75) is 110 Å². The Kier molecular flexibility index (Phi) is 13.5. The highest BCUT2D eigenvalue weighted by molar-refractivity contribution is 9.10. The van der Waals surface area contributed by atoms with Crippen LogP contribution in [0.5, 0.6) is 11.5 Å². The van der Waals surface area contributed by atoms with Crippen LogP contribution in [0.3, 0.4) is 0 Å². The molecule has 5 heterocycles. The highest BCUT2D eigenvalue weighted by Gasteiger charge is 2.40. The second kappa shape index (κ2) is 17.8. The molecular weight excluding hydrogens is 823 g/mol. The second-order valence-corrected chi connectivity index (χ2v) is 30.5. The summed E-state index contributed by atoms with van der Waals surface area (Å²) >= 11 is 3.48. The molecule has 0 aromatic heterocycles. The van der Waals surface area contributed by atoms with Gasteiger partial charge in [-0.2, -0.15) is 10.2 Å². The summed E-state index contributed by atoms with van der Waals surface area (Å²) in [5.74, 6) is 3.64. The van der Waals surface area contributed by atoms with Crippen LogP contribution in [0.25, 0.3) is 0 Å². The van der Waals surface area contributed by atoms with E-state index in [0.29, 0.717) is 38.4 Å². The van der Waals surface area contributed by atoms with Gasteiger partial charge >= 0.3 is 0 Å². The topological polar surface area (TPSA) is 112 Å². The van der Waals surface area contributed by atoms with Crippen LogP contribution in [-0.4, -0.2) is 114 Å². The van der Waals surface area contributed by atoms with Gasteiger partial charge in [-0.25, -0.2) is 10.0 Å². The Balaban J connectivity index is 0.000000199. The lowest BCUT2D eigenvalue weighted by Crippen LogP contribution is -2.57.